The number of hydrogen-bond donors (Lipinski definition) is 1. The van der Waals surface area contributed by atoms with Crippen LogP contribution in [0.1, 0.15) is 59.3 Å². The second-order valence-electron chi connectivity index (χ2n) is 8.76. The molecular formula is C22H31FN4O2. The summed E-state index contributed by atoms with van der Waals surface area (Å²) in [4.78, 5) is 22.0. The molecule has 3 heterocycles. The zero-order chi connectivity index (χ0) is 20.8. The average Bonchev–Trinajstić information content (AvgIpc) is 3.10. The van der Waals surface area contributed by atoms with Crippen molar-refractivity contribution in [3.05, 3.63) is 24.0 Å². The second-order valence-corrected chi connectivity index (χ2v) is 8.76. The largest absolute Gasteiger partial charge is 0.423 e. The molecule has 1 amide bonds. The van der Waals surface area contributed by atoms with Crippen LogP contribution in [0.2, 0.25) is 0 Å². The molecule has 1 aromatic heterocycles. The van der Waals surface area contributed by atoms with E-state index in [0.29, 0.717) is 42.2 Å². The fourth-order valence-corrected chi connectivity index (χ4v) is 5.62. The summed E-state index contributed by atoms with van der Waals surface area (Å²) in [5.74, 6) is -0.704. The summed E-state index contributed by atoms with van der Waals surface area (Å²) in [6.45, 7) is 7.22. The number of hydrogen-bond acceptors (Lipinski definition) is 5. The van der Waals surface area contributed by atoms with E-state index < -0.39 is 5.54 Å². The first-order valence-electron chi connectivity index (χ1n) is 10.8. The van der Waals surface area contributed by atoms with Crippen molar-refractivity contribution in [2.45, 2.75) is 83.0 Å². The molecule has 4 rings (SSSR count). The molecule has 0 aliphatic carbocycles. The number of carbonyl (C=O) groups is 1. The molecule has 2 aromatic rings. The lowest BCUT2D eigenvalue weighted by Crippen LogP contribution is -2.71. The van der Waals surface area contributed by atoms with Gasteiger partial charge in [-0.2, -0.15) is 4.98 Å². The first-order chi connectivity index (χ1) is 13.8. The Hall–Kier alpha value is -2.15. The van der Waals surface area contributed by atoms with Crippen LogP contribution in [0.25, 0.3) is 11.1 Å². The molecule has 2 aliphatic heterocycles. The van der Waals surface area contributed by atoms with E-state index in [9.17, 15) is 9.18 Å². The van der Waals surface area contributed by atoms with Crippen LogP contribution in [0.15, 0.2) is 22.6 Å². The van der Waals surface area contributed by atoms with Crippen LogP contribution in [0.4, 0.5) is 10.4 Å². The van der Waals surface area contributed by atoms with Crippen LogP contribution >= 0.6 is 0 Å². The van der Waals surface area contributed by atoms with Gasteiger partial charge in [0.2, 0.25) is 5.91 Å². The van der Waals surface area contributed by atoms with Crippen molar-refractivity contribution in [3.8, 4) is 0 Å². The molecule has 2 aliphatic rings. The molecule has 2 N–H and O–H groups in total. The van der Waals surface area contributed by atoms with Gasteiger partial charge in [0.05, 0.1) is 0 Å². The molecule has 0 saturated carbocycles. The zero-order valence-corrected chi connectivity index (χ0v) is 17.5. The lowest BCUT2D eigenvalue weighted by atomic mass is 9.77. The van der Waals surface area contributed by atoms with E-state index in [2.05, 4.69) is 30.7 Å². The summed E-state index contributed by atoms with van der Waals surface area (Å²) in [6, 6.07) is 5.32. The normalized spacial score (nSPS) is 29.9. The minimum atomic E-state index is -0.905. The Bertz CT molecular complexity index is 890. The third kappa shape index (κ3) is 3.29. The number of likely N-dealkylation sites (tertiary alicyclic amines) is 1. The number of carbonyl (C=O) groups excluding carboxylic acids is 1. The quantitative estimate of drug-likeness (QED) is 0.841. The molecule has 6 nitrogen and oxygen atoms in total. The number of fused-ring (bicyclic) bond motifs is 1. The number of primary amides is 1. The number of halogens is 1. The van der Waals surface area contributed by atoms with Gasteiger partial charge in [-0.3, -0.25) is 9.69 Å². The number of amides is 1. The topological polar surface area (TPSA) is 75.6 Å². The summed E-state index contributed by atoms with van der Waals surface area (Å²) >= 11 is 0. The van der Waals surface area contributed by atoms with Crippen LogP contribution in [0.3, 0.4) is 0 Å². The number of aromatic nitrogens is 1. The van der Waals surface area contributed by atoms with Gasteiger partial charge in [0, 0.05) is 30.7 Å². The summed E-state index contributed by atoms with van der Waals surface area (Å²) in [5.41, 5.74) is 6.17. The highest BCUT2D eigenvalue weighted by Crippen LogP contribution is 2.40. The van der Waals surface area contributed by atoms with Gasteiger partial charge in [0.25, 0.3) is 6.01 Å². The standard InChI is InChI=1S/C22H31FN4O2/c1-14-7-6-8-15(2)27(14)16(3)22(20(24)28)11-4-5-12-26(22)21-25-18-13-17(23)9-10-19(18)29-21/h9-10,13-16H,4-8,11-12H2,1-3H3,(H2,24,28)/t14-,15+,16?,22?. The van der Waals surface area contributed by atoms with Gasteiger partial charge in [-0.1, -0.05) is 6.42 Å². The SMILES string of the molecule is CC(N1[C@H](C)CCC[C@@H]1C)C1(C(N)=O)CCCCN1c1nc2cc(F)ccc2o1. The maximum Gasteiger partial charge on any atom is 0.299 e. The van der Waals surface area contributed by atoms with Crippen LogP contribution < -0.4 is 10.6 Å². The zero-order valence-electron chi connectivity index (χ0n) is 17.5. The van der Waals surface area contributed by atoms with Crippen molar-refractivity contribution in [1.82, 2.24) is 9.88 Å². The molecule has 0 spiro atoms. The van der Waals surface area contributed by atoms with Gasteiger partial charge in [-0.05, 0) is 65.0 Å². The number of nitrogens with two attached hydrogens (primary N) is 1. The van der Waals surface area contributed by atoms with E-state index in [1.807, 2.05) is 4.90 Å². The summed E-state index contributed by atoms with van der Waals surface area (Å²) < 4.78 is 19.6. The van der Waals surface area contributed by atoms with E-state index in [1.165, 1.54) is 18.6 Å². The average molecular weight is 403 g/mol. The van der Waals surface area contributed by atoms with E-state index in [1.54, 1.807) is 6.07 Å². The van der Waals surface area contributed by atoms with Crippen molar-refractivity contribution in [2.75, 3.05) is 11.4 Å². The molecule has 2 saturated heterocycles. The predicted octanol–water partition coefficient (Wildman–Crippen LogP) is 3.83. The third-order valence-corrected chi connectivity index (χ3v) is 7.07. The van der Waals surface area contributed by atoms with Crippen LogP contribution in [-0.2, 0) is 4.79 Å². The van der Waals surface area contributed by atoms with Crippen molar-refractivity contribution >= 4 is 23.0 Å². The molecular weight excluding hydrogens is 371 g/mol. The van der Waals surface area contributed by atoms with E-state index >= 15 is 0 Å². The van der Waals surface area contributed by atoms with Crippen molar-refractivity contribution < 1.29 is 13.6 Å². The lowest BCUT2D eigenvalue weighted by Gasteiger charge is -2.54. The predicted molar refractivity (Wildman–Crippen MR) is 111 cm³/mol. The first kappa shape index (κ1) is 20.1. The van der Waals surface area contributed by atoms with E-state index in [0.717, 1.165) is 25.7 Å². The van der Waals surface area contributed by atoms with Gasteiger partial charge in [-0.25, -0.2) is 4.39 Å². The highest BCUT2D eigenvalue weighted by atomic mass is 19.1. The van der Waals surface area contributed by atoms with Gasteiger partial charge in [0.1, 0.15) is 16.9 Å². The van der Waals surface area contributed by atoms with E-state index in [4.69, 9.17) is 10.2 Å². The minimum absolute atomic E-state index is 0.0858. The Morgan fingerprint density at radius 3 is 2.69 bits per heavy atom. The summed E-state index contributed by atoms with van der Waals surface area (Å²) in [6.07, 6.45) is 5.95. The van der Waals surface area contributed by atoms with Crippen LogP contribution in [0.5, 0.6) is 0 Å². The molecule has 4 atom stereocenters. The molecule has 29 heavy (non-hydrogen) atoms. The fraction of sp³-hybridized carbons (Fsp3) is 0.636. The summed E-state index contributed by atoms with van der Waals surface area (Å²) in [7, 11) is 0. The molecule has 158 valence electrons. The van der Waals surface area contributed by atoms with Crippen LogP contribution in [0, 0.1) is 5.82 Å². The molecule has 1 aromatic carbocycles. The molecule has 0 radical (unpaired) electrons. The van der Waals surface area contributed by atoms with Gasteiger partial charge >= 0.3 is 0 Å². The third-order valence-electron chi connectivity index (χ3n) is 7.07. The van der Waals surface area contributed by atoms with Crippen molar-refractivity contribution in [2.24, 2.45) is 5.73 Å². The van der Waals surface area contributed by atoms with Gasteiger partial charge in [0.15, 0.2) is 5.58 Å². The van der Waals surface area contributed by atoms with Crippen molar-refractivity contribution in [1.29, 1.82) is 0 Å². The Morgan fingerprint density at radius 1 is 1.28 bits per heavy atom. The number of rotatable bonds is 4. The Labute approximate surface area is 171 Å². The first-order valence-corrected chi connectivity index (χ1v) is 10.8. The smallest absolute Gasteiger partial charge is 0.299 e. The lowest BCUT2D eigenvalue weighted by molar-refractivity contribution is -0.128. The number of anilines is 1. The number of benzene rings is 1. The number of piperidine rings is 2. The molecule has 7 heteroatoms. The maximum absolute atomic E-state index is 13.6. The van der Waals surface area contributed by atoms with Crippen LogP contribution in [-0.4, -0.2) is 46.0 Å². The Morgan fingerprint density at radius 2 is 2.00 bits per heavy atom. The molecule has 2 unspecified atom stereocenters. The Balaban J connectivity index is 1.79. The van der Waals surface area contributed by atoms with E-state index in [-0.39, 0.29) is 17.8 Å². The van der Waals surface area contributed by atoms with Crippen molar-refractivity contribution in [3.63, 3.8) is 0 Å². The highest BCUT2D eigenvalue weighted by Gasteiger charge is 2.53. The van der Waals surface area contributed by atoms with Gasteiger partial charge < -0.3 is 15.1 Å². The molecule has 2 fully saturated rings. The number of oxazole rings is 1. The second kappa shape index (κ2) is 7.59. The Kier molecular flexibility index (Phi) is 5.27. The minimum Gasteiger partial charge on any atom is -0.423 e. The molecule has 0 bridgehead atoms. The van der Waals surface area contributed by atoms with Gasteiger partial charge in [-0.15, -0.1) is 0 Å². The monoisotopic (exact) mass is 402 g/mol. The maximum atomic E-state index is 13.6. The fourth-order valence-electron chi connectivity index (χ4n) is 5.62. The number of nitrogens with zero attached hydrogens (tertiary/aromatic N) is 3. The summed E-state index contributed by atoms with van der Waals surface area (Å²) in [5, 5.41) is 0. The highest BCUT2D eigenvalue weighted by molar-refractivity contribution is 5.90.